The highest BCUT2D eigenvalue weighted by Gasteiger charge is 2.23. The SMILES string of the molecule is COC(=O)CCCS(=O)(=O)NC(CCSC)C(=O)O. The molecule has 0 aliphatic carbocycles. The van der Waals surface area contributed by atoms with Crippen LogP contribution in [0.3, 0.4) is 0 Å². The van der Waals surface area contributed by atoms with Gasteiger partial charge in [-0.1, -0.05) is 0 Å². The molecule has 1 atom stereocenters. The first-order valence-electron chi connectivity index (χ1n) is 5.61. The zero-order valence-electron chi connectivity index (χ0n) is 10.9. The summed E-state index contributed by atoms with van der Waals surface area (Å²) < 4.78 is 29.8. The van der Waals surface area contributed by atoms with E-state index in [0.29, 0.717) is 5.75 Å². The van der Waals surface area contributed by atoms with Crippen molar-refractivity contribution in [2.75, 3.05) is 24.9 Å². The summed E-state index contributed by atoms with van der Waals surface area (Å²) in [6.07, 6.45) is 2.10. The van der Waals surface area contributed by atoms with Crippen molar-refractivity contribution in [3.8, 4) is 0 Å². The summed E-state index contributed by atoms with van der Waals surface area (Å²) in [7, 11) is -2.49. The number of methoxy groups -OCH3 is 1. The predicted octanol–water partition coefficient (Wildman–Crippen LogP) is 0.0653. The molecule has 0 amide bonds. The summed E-state index contributed by atoms with van der Waals surface area (Å²) in [6.45, 7) is 0. The number of carbonyl (C=O) groups is 2. The molecule has 0 aromatic rings. The van der Waals surface area contributed by atoms with Crippen LogP contribution >= 0.6 is 11.8 Å². The van der Waals surface area contributed by atoms with Crippen LogP contribution in [0.5, 0.6) is 0 Å². The molecule has 9 heteroatoms. The molecular weight excluding hydrogens is 294 g/mol. The number of carboxylic acid groups (broad SMARTS) is 1. The maximum Gasteiger partial charge on any atom is 0.321 e. The van der Waals surface area contributed by atoms with Crippen LogP contribution in [0.4, 0.5) is 0 Å². The first kappa shape index (κ1) is 18.2. The van der Waals surface area contributed by atoms with E-state index in [0.717, 1.165) is 0 Å². The zero-order chi connectivity index (χ0) is 14.9. The van der Waals surface area contributed by atoms with Crippen molar-refractivity contribution in [2.24, 2.45) is 0 Å². The molecule has 7 nitrogen and oxygen atoms in total. The number of carboxylic acids is 1. The van der Waals surface area contributed by atoms with Crippen molar-refractivity contribution < 1.29 is 27.9 Å². The number of thioether (sulfide) groups is 1. The Morgan fingerprint density at radius 3 is 2.53 bits per heavy atom. The minimum atomic E-state index is -3.71. The number of rotatable bonds is 10. The second-order valence-electron chi connectivity index (χ2n) is 3.79. The van der Waals surface area contributed by atoms with Gasteiger partial charge in [0, 0.05) is 6.42 Å². The number of carbonyl (C=O) groups excluding carboxylic acids is 1. The molecule has 19 heavy (non-hydrogen) atoms. The van der Waals surface area contributed by atoms with E-state index in [1.165, 1.54) is 18.9 Å². The Morgan fingerprint density at radius 1 is 1.42 bits per heavy atom. The van der Waals surface area contributed by atoms with Gasteiger partial charge in [0.1, 0.15) is 6.04 Å². The molecule has 0 aliphatic rings. The van der Waals surface area contributed by atoms with Crippen molar-refractivity contribution in [1.29, 1.82) is 0 Å². The molecule has 0 fully saturated rings. The molecule has 0 bridgehead atoms. The lowest BCUT2D eigenvalue weighted by Gasteiger charge is -2.14. The second-order valence-corrected chi connectivity index (χ2v) is 6.65. The first-order valence-corrected chi connectivity index (χ1v) is 8.65. The molecule has 112 valence electrons. The zero-order valence-corrected chi connectivity index (χ0v) is 12.6. The van der Waals surface area contributed by atoms with E-state index >= 15 is 0 Å². The van der Waals surface area contributed by atoms with E-state index in [-0.39, 0.29) is 25.0 Å². The summed E-state index contributed by atoms with van der Waals surface area (Å²) in [5.74, 6) is -1.45. The van der Waals surface area contributed by atoms with Crippen LogP contribution in [-0.4, -0.2) is 56.4 Å². The molecule has 2 N–H and O–H groups in total. The van der Waals surface area contributed by atoms with E-state index < -0.39 is 28.0 Å². The number of hydrogen-bond acceptors (Lipinski definition) is 6. The number of sulfonamides is 1. The Morgan fingerprint density at radius 2 is 2.05 bits per heavy atom. The van der Waals surface area contributed by atoms with E-state index in [9.17, 15) is 18.0 Å². The van der Waals surface area contributed by atoms with Gasteiger partial charge < -0.3 is 9.84 Å². The molecule has 0 heterocycles. The van der Waals surface area contributed by atoms with Crippen molar-refractivity contribution in [3.63, 3.8) is 0 Å². The predicted molar refractivity (Wildman–Crippen MR) is 72.6 cm³/mol. The number of aliphatic carboxylic acids is 1. The fraction of sp³-hybridized carbons (Fsp3) is 0.800. The lowest BCUT2D eigenvalue weighted by atomic mass is 10.2. The minimum absolute atomic E-state index is 0.0139. The lowest BCUT2D eigenvalue weighted by Crippen LogP contribution is -2.42. The third-order valence-electron chi connectivity index (χ3n) is 2.25. The average Bonchev–Trinajstić information content (AvgIpc) is 2.33. The Labute approximate surface area is 117 Å². The van der Waals surface area contributed by atoms with Gasteiger partial charge in [0.15, 0.2) is 0 Å². The van der Waals surface area contributed by atoms with E-state index in [2.05, 4.69) is 9.46 Å². The lowest BCUT2D eigenvalue weighted by molar-refractivity contribution is -0.141. The molecule has 1 unspecified atom stereocenters. The highest BCUT2D eigenvalue weighted by molar-refractivity contribution is 7.98. The van der Waals surface area contributed by atoms with Crippen molar-refractivity contribution in [2.45, 2.75) is 25.3 Å². The highest BCUT2D eigenvalue weighted by atomic mass is 32.2. The third-order valence-corrected chi connectivity index (χ3v) is 4.37. The molecule has 0 aromatic heterocycles. The van der Waals surface area contributed by atoms with Crippen LogP contribution in [0.1, 0.15) is 19.3 Å². The van der Waals surface area contributed by atoms with Gasteiger partial charge >= 0.3 is 11.9 Å². The quantitative estimate of drug-likeness (QED) is 0.549. The molecule has 0 saturated carbocycles. The Bertz CT molecular complexity index is 395. The smallest absolute Gasteiger partial charge is 0.321 e. The monoisotopic (exact) mass is 313 g/mol. The fourth-order valence-corrected chi connectivity index (χ4v) is 3.02. The van der Waals surface area contributed by atoms with E-state index in [1.54, 1.807) is 0 Å². The second kappa shape index (κ2) is 9.16. The van der Waals surface area contributed by atoms with Crippen LogP contribution in [0.2, 0.25) is 0 Å². The molecule has 0 aliphatic heterocycles. The number of hydrogen-bond donors (Lipinski definition) is 2. The number of nitrogens with one attached hydrogen (secondary N) is 1. The van der Waals surface area contributed by atoms with Crippen LogP contribution < -0.4 is 4.72 Å². The maximum atomic E-state index is 11.6. The van der Waals surface area contributed by atoms with Gasteiger partial charge in [-0.2, -0.15) is 11.8 Å². The summed E-state index contributed by atoms with van der Waals surface area (Å²) in [5, 5.41) is 8.90. The van der Waals surface area contributed by atoms with E-state index in [4.69, 9.17) is 5.11 Å². The molecule has 0 rings (SSSR count). The molecule has 0 radical (unpaired) electrons. The number of esters is 1. The van der Waals surface area contributed by atoms with Crippen LogP contribution in [0, 0.1) is 0 Å². The van der Waals surface area contributed by atoms with Crippen LogP contribution in [-0.2, 0) is 24.3 Å². The van der Waals surface area contributed by atoms with Gasteiger partial charge in [-0.25, -0.2) is 13.1 Å². The Balaban J connectivity index is 4.31. The largest absolute Gasteiger partial charge is 0.480 e. The van der Waals surface area contributed by atoms with Crippen molar-refractivity contribution in [3.05, 3.63) is 0 Å². The van der Waals surface area contributed by atoms with Crippen LogP contribution in [0.15, 0.2) is 0 Å². The molecule has 0 saturated heterocycles. The van der Waals surface area contributed by atoms with Gasteiger partial charge in [-0.05, 0) is 24.9 Å². The summed E-state index contributed by atoms with van der Waals surface area (Å²) in [6, 6.07) is -1.13. The van der Waals surface area contributed by atoms with Gasteiger partial charge in [-0.3, -0.25) is 9.59 Å². The summed E-state index contributed by atoms with van der Waals surface area (Å²) in [5.41, 5.74) is 0. The van der Waals surface area contributed by atoms with Gasteiger partial charge in [0.05, 0.1) is 12.9 Å². The molecular formula is C10H19NO6S2. The minimum Gasteiger partial charge on any atom is -0.480 e. The molecule has 0 spiro atoms. The standard InChI is InChI=1S/C10H19NO6S2/c1-17-9(12)4-3-7-19(15,16)11-8(10(13)14)5-6-18-2/h8,11H,3-7H2,1-2H3,(H,13,14). The summed E-state index contributed by atoms with van der Waals surface area (Å²) >= 11 is 1.44. The first-order chi connectivity index (χ1) is 8.82. The Kier molecular flexibility index (Phi) is 8.77. The van der Waals surface area contributed by atoms with Gasteiger partial charge in [0.2, 0.25) is 10.0 Å². The van der Waals surface area contributed by atoms with Gasteiger partial charge in [-0.15, -0.1) is 0 Å². The topological polar surface area (TPSA) is 110 Å². The number of ether oxygens (including phenoxy) is 1. The third kappa shape index (κ3) is 8.84. The van der Waals surface area contributed by atoms with Crippen molar-refractivity contribution >= 4 is 33.7 Å². The van der Waals surface area contributed by atoms with Crippen LogP contribution in [0.25, 0.3) is 0 Å². The fourth-order valence-electron chi connectivity index (χ4n) is 1.25. The van der Waals surface area contributed by atoms with Crippen molar-refractivity contribution in [1.82, 2.24) is 4.72 Å². The summed E-state index contributed by atoms with van der Waals surface area (Å²) in [4.78, 5) is 21.7. The maximum absolute atomic E-state index is 11.6. The normalized spacial score (nSPS) is 12.9. The van der Waals surface area contributed by atoms with E-state index in [1.807, 2.05) is 6.26 Å². The molecule has 0 aromatic carbocycles. The Hall–Kier alpha value is -0.800. The highest BCUT2D eigenvalue weighted by Crippen LogP contribution is 2.04. The average molecular weight is 313 g/mol. The van der Waals surface area contributed by atoms with Gasteiger partial charge in [0.25, 0.3) is 0 Å².